The monoisotopic (exact) mass is 283 g/mol. The Kier molecular flexibility index (Phi) is 6.26. The normalized spacial score (nSPS) is 23.8. The zero-order chi connectivity index (χ0) is 14.4. The Morgan fingerprint density at radius 1 is 1.05 bits per heavy atom. The Morgan fingerprint density at radius 2 is 1.70 bits per heavy atom. The van der Waals surface area contributed by atoms with Crippen molar-refractivity contribution in [3.8, 4) is 0 Å². The molecule has 1 unspecified atom stereocenters. The molecule has 2 rings (SSSR count). The average Bonchev–Trinajstić information content (AvgIpc) is 2.53. The first kappa shape index (κ1) is 15.7. The summed E-state index contributed by atoms with van der Waals surface area (Å²) in [6, 6.07) is 0.0214. The maximum Gasteiger partial charge on any atom is 0.239 e. The molecule has 0 aromatic heterocycles. The number of amides is 1. The van der Waals surface area contributed by atoms with Crippen molar-refractivity contribution in [2.45, 2.75) is 38.6 Å². The third-order valence-corrected chi connectivity index (χ3v) is 4.61. The molecule has 0 aliphatic carbocycles. The van der Waals surface area contributed by atoms with Crippen molar-refractivity contribution < 1.29 is 9.90 Å². The number of carbonyl (C=O) groups is 1. The van der Waals surface area contributed by atoms with Gasteiger partial charge in [0.15, 0.2) is 0 Å². The van der Waals surface area contributed by atoms with Crippen molar-refractivity contribution in [1.29, 1.82) is 0 Å². The molecule has 2 saturated heterocycles. The SMILES string of the molecule is CC(C(=O)N1CCCCC1)N1CCN(CCCO)CC1. The van der Waals surface area contributed by atoms with Crippen molar-refractivity contribution in [2.75, 3.05) is 52.4 Å². The van der Waals surface area contributed by atoms with E-state index in [-0.39, 0.29) is 12.6 Å². The molecule has 20 heavy (non-hydrogen) atoms. The van der Waals surface area contributed by atoms with Gasteiger partial charge >= 0.3 is 0 Å². The molecule has 0 aromatic rings. The first-order valence-electron chi connectivity index (χ1n) is 8.08. The number of rotatable bonds is 5. The van der Waals surface area contributed by atoms with Gasteiger partial charge in [-0.1, -0.05) is 0 Å². The number of aliphatic hydroxyl groups is 1. The molecule has 1 amide bonds. The van der Waals surface area contributed by atoms with Crippen LogP contribution in [0.5, 0.6) is 0 Å². The van der Waals surface area contributed by atoms with Crippen LogP contribution in [-0.4, -0.2) is 84.2 Å². The highest BCUT2D eigenvalue weighted by Crippen LogP contribution is 2.14. The molecule has 2 fully saturated rings. The van der Waals surface area contributed by atoms with E-state index in [1.54, 1.807) is 0 Å². The predicted octanol–water partition coefficient (Wildman–Crippen LogP) is 0.387. The number of hydrogen-bond acceptors (Lipinski definition) is 4. The number of hydrogen-bond donors (Lipinski definition) is 1. The lowest BCUT2D eigenvalue weighted by Crippen LogP contribution is -2.55. The molecule has 116 valence electrons. The Balaban J connectivity index is 1.75. The summed E-state index contributed by atoms with van der Waals surface area (Å²) in [5.41, 5.74) is 0. The number of likely N-dealkylation sites (tertiary alicyclic amines) is 1. The predicted molar refractivity (Wildman–Crippen MR) is 79.6 cm³/mol. The van der Waals surface area contributed by atoms with Crippen LogP contribution in [0.3, 0.4) is 0 Å². The molecular formula is C15H29N3O2. The van der Waals surface area contributed by atoms with Crippen LogP contribution in [0.15, 0.2) is 0 Å². The second-order valence-electron chi connectivity index (χ2n) is 6.02. The van der Waals surface area contributed by atoms with Crippen LogP contribution in [0.25, 0.3) is 0 Å². The van der Waals surface area contributed by atoms with Gasteiger partial charge in [0.25, 0.3) is 0 Å². The molecule has 5 heteroatoms. The molecule has 0 bridgehead atoms. The van der Waals surface area contributed by atoms with E-state index in [1.807, 2.05) is 4.90 Å². The average molecular weight is 283 g/mol. The summed E-state index contributed by atoms with van der Waals surface area (Å²) < 4.78 is 0. The van der Waals surface area contributed by atoms with E-state index in [4.69, 9.17) is 5.11 Å². The second kappa shape index (κ2) is 7.96. The van der Waals surface area contributed by atoms with E-state index in [0.29, 0.717) is 5.91 Å². The highest BCUT2D eigenvalue weighted by molar-refractivity contribution is 5.81. The van der Waals surface area contributed by atoms with Crippen LogP contribution in [-0.2, 0) is 4.79 Å². The summed E-state index contributed by atoms with van der Waals surface area (Å²) in [5, 5.41) is 8.87. The van der Waals surface area contributed by atoms with Gasteiger partial charge in [-0.2, -0.15) is 0 Å². The van der Waals surface area contributed by atoms with Crippen molar-refractivity contribution in [1.82, 2.24) is 14.7 Å². The van der Waals surface area contributed by atoms with Crippen molar-refractivity contribution in [3.63, 3.8) is 0 Å². The molecule has 2 aliphatic heterocycles. The summed E-state index contributed by atoms with van der Waals surface area (Å²) in [6.07, 6.45) is 4.44. The van der Waals surface area contributed by atoms with Crippen LogP contribution in [0.4, 0.5) is 0 Å². The van der Waals surface area contributed by atoms with E-state index >= 15 is 0 Å². The molecule has 1 N–H and O–H groups in total. The molecular weight excluding hydrogens is 254 g/mol. The number of carbonyl (C=O) groups excluding carboxylic acids is 1. The zero-order valence-electron chi connectivity index (χ0n) is 12.8. The van der Waals surface area contributed by atoms with Gasteiger partial charge in [-0.05, 0) is 32.6 Å². The Labute approximate surface area is 122 Å². The molecule has 0 radical (unpaired) electrons. The van der Waals surface area contributed by atoms with Crippen LogP contribution in [0.1, 0.15) is 32.6 Å². The maximum absolute atomic E-state index is 12.5. The standard InChI is InChI=1S/C15H29N3O2/c1-14(15(20)18-7-3-2-4-8-18)17-11-9-16(10-12-17)6-5-13-19/h14,19H,2-13H2,1H3. The number of aliphatic hydroxyl groups excluding tert-OH is 1. The minimum absolute atomic E-state index is 0.0214. The van der Waals surface area contributed by atoms with Crippen LogP contribution >= 0.6 is 0 Å². The highest BCUT2D eigenvalue weighted by Gasteiger charge is 2.28. The van der Waals surface area contributed by atoms with Crippen LogP contribution < -0.4 is 0 Å². The molecule has 0 aromatic carbocycles. The molecule has 2 heterocycles. The van der Waals surface area contributed by atoms with Gasteiger partial charge < -0.3 is 14.9 Å². The lowest BCUT2D eigenvalue weighted by Gasteiger charge is -2.39. The quantitative estimate of drug-likeness (QED) is 0.793. The minimum Gasteiger partial charge on any atom is -0.396 e. The van der Waals surface area contributed by atoms with Gasteiger partial charge in [0, 0.05) is 52.4 Å². The number of piperazine rings is 1. The van der Waals surface area contributed by atoms with Gasteiger partial charge in [-0.25, -0.2) is 0 Å². The van der Waals surface area contributed by atoms with Gasteiger partial charge in [0.2, 0.25) is 5.91 Å². The fraction of sp³-hybridized carbons (Fsp3) is 0.933. The van der Waals surface area contributed by atoms with Crippen molar-refractivity contribution in [3.05, 3.63) is 0 Å². The summed E-state index contributed by atoms with van der Waals surface area (Å²) in [7, 11) is 0. The summed E-state index contributed by atoms with van der Waals surface area (Å²) >= 11 is 0. The van der Waals surface area contributed by atoms with E-state index in [1.165, 1.54) is 6.42 Å². The van der Waals surface area contributed by atoms with E-state index < -0.39 is 0 Å². The lowest BCUT2D eigenvalue weighted by molar-refractivity contribution is -0.138. The topological polar surface area (TPSA) is 47.0 Å². The molecule has 5 nitrogen and oxygen atoms in total. The Bertz CT molecular complexity index is 297. The second-order valence-corrected chi connectivity index (χ2v) is 6.02. The van der Waals surface area contributed by atoms with Gasteiger partial charge in [0.1, 0.15) is 0 Å². The summed E-state index contributed by atoms with van der Waals surface area (Å²) in [5.74, 6) is 0.313. The molecule has 0 spiro atoms. The third-order valence-electron chi connectivity index (χ3n) is 4.61. The summed E-state index contributed by atoms with van der Waals surface area (Å²) in [4.78, 5) is 19.2. The molecule has 1 atom stereocenters. The third kappa shape index (κ3) is 4.17. The van der Waals surface area contributed by atoms with E-state index in [9.17, 15) is 4.79 Å². The van der Waals surface area contributed by atoms with Crippen molar-refractivity contribution >= 4 is 5.91 Å². The van der Waals surface area contributed by atoms with Crippen LogP contribution in [0.2, 0.25) is 0 Å². The van der Waals surface area contributed by atoms with E-state index in [2.05, 4.69) is 16.7 Å². The zero-order valence-corrected chi connectivity index (χ0v) is 12.8. The largest absolute Gasteiger partial charge is 0.396 e. The fourth-order valence-electron chi connectivity index (χ4n) is 3.20. The van der Waals surface area contributed by atoms with Gasteiger partial charge in [0.05, 0.1) is 6.04 Å². The first-order valence-corrected chi connectivity index (χ1v) is 8.08. The summed E-state index contributed by atoms with van der Waals surface area (Å²) in [6.45, 7) is 9.13. The fourth-order valence-corrected chi connectivity index (χ4v) is 3.20. The maximum atomic E-state index is 12.5. The minimum atomic E-state index is 0.0214. The first-order chi connectivity index (χ1) is 9.72. The van der Waals surface area contributed by atoms with Gasteiger partial charge in [-0.3, -0.25) is 9.69 Å². The van der Waals surface area contributed by atoms with Crippen molar-refractivity contribution in [2.24, 2.45) is 0 Å². The lowest BCUT2D eigenvalue weighted by atomic mass is 10.1. The van der Waals surface area contributed by atoms with Crippen LogP contribution in [0, 0.1) is 0 Å². The Hall–Kier alpha value is -0.650. The molecule has 2 aliphatic rings. The number of nitrogens with zero attached hydrogens (tertiary/aromatic N) is 3. The smallest absolute Gasteiger partial charge is 0.239 e. The highest BCUT2D eigenvalue weighted by atomic mass is 16.3. The Morgan fingerprint density at radius 3 is 2.30 bits per heavy atom. The number of piperidine rings is 1. The van der Waals surface area contributed by atoms with Gasteiger partial charge in [-0.15, -0.1) is 0 Å². The molecule has 0 saturated carbocycles. The van der Waals surface area contributed by atoms with E-state index in [0.717, 1.165) is 65.1 Å².